The molecule has 4 bridgehead atoms. The zero-order valence-corrected chi connectivity index (χ0v) is 9.91. The van der Waals surface area contributed by atoms with Crippen LogP contribution in [0.2, 0.25) is 0 Å². The van der Waals surface area contributed by atoms with Gasteiger partial charge in [0, 0.05) is 5.54 Å². The van der Waals surface area contributed by atoms with Crippen molar-refractivity contribution in [2.75, 3.05) is 0 Å². The molecule has 3 heteroatoms. The lowest BCUT2D eigenvalue weighted by Crippen LogP contribution is -2.61. The third-order valence-corrected chi connectivity index (χ3v) is 4.81. The number of amides is 1. The van der Waals surface area contributed by atoms with Crippen molar-refractivity contribution in [3.63, 3.8) is 0 Å². The van der Waals surface area contributed by atoms with Crippen LogP contribution in [0, 0.1) is 17.8 Å². The van der Waals surface area contributed by atoms with E-state index in [4.69, 9.17) is 0 Å². The Morgan fingerprint density at radius 2 is 1.62 bits per heavy atom. The first kappa shape index (κ1) is 10.6. The third-order valence-electron chi connectivity index (χ3n) is 4.81. The predicted octanol–water partition coefficient (Wildman–Crippen LogP) is 1.45. The highest BCUT2D eigenvalue weighted by Crippen LogP contribution is 2.55. The van der Waals surface area contributed by atoms with E-state index in [1.165, 1.54) is 19.3 Å². The summed E-state index contributed by atoms with van der Waals surface area (Å²) >= 11 is 0. The highest BCUT2D eigenvalue weighted by atomic mass is 16.3. The average Bonchev–Trinajstić information content (AvgIpc) is 2.13. The van der Waals surface area contributed by atoms with Crippen LogP contribution in [-0.4, -0.2) is 22.7 Å². The van der Waals surface area contributed by atoms with E-state index in [1.807, 2.05) is 0 Å². The first-order valence-electron chi connectivity index (χ1n) is 6.56. The summed E-state index contributed by atoms with van der Waals surface area (Å²) in [6, 6.07) is 0. The molecule has 1 atom stereocenters. The lowest BCUT2D eigenvalue weighted by molar-refractivity contribution is -0.134. The number of rotatable bonds is 2. The van der Waals surface area contributed by atoms with Gasteiger partial charge >= 0.3 is 0 Å². The van der Waals surface area contributed by atoms with E-state index in [0.29, 0.717) is 0 Å². The molecule has 4 aliphatic rings. The van der Waals surface area contributed by atoms with E-state index in [2.05, 4.69) is 5.32 Å². The Morgan fingerprint density at radius 3 is 2.00 bits per heavy atom. The molecule has 1 amide bonds. The second-order valence-corrected chi connectivity index (χ2v) is 6.36. The molecule has 0 spiro atoms. The Hall–Kier alpha value is -0.570. The van der Waals surface area contributed by atoms with Gasteiger partial charge in [0.1, 0.15) is 6.10 Å². The summed E-state index contributed by atoms with van der Waals surface area (Å²) < 4.78 is 0. The molecule has 0 aromatic rings. The van der Waals surface area contributed by atoms with Crippen molar-refractivity contribution in [3.05, 3.63) is 0 Å². The maximum absolute atomic E-state index is 11.7. The summed E-state index contributed by atoms with van der Waals surface area (Å²) in [5.74, 6) is 2.32. The van der Waals surface area contributed by atoms with Crippen LogP contribution in [-0.2, 0) is 4.79 Å². The van der Waals surface area contributed by atoms with Crippen molar-refractivity contribution in [1.29, 1.82) is 0 Å². The van der Waals surface area contributed by atoms with Crippen LogP contribution in [0.3, 0.4) is 0 Å². The minimum atomic E-state index is -0.868. The zero-order valence-electron chi connectivity index (χ0n) is 9.91. The highest BCUT2D eigenvalue weighted by molar-refractivity contribution is 5.80. The molecule has 0 aromatic heterocycles. The summed E-state index contributed by atoms with van der Waals surface area (Å²) in [6.07, 6.45) is 6.72. The van der Waals surface area contributed by atoms with E-state index in [0.717, 1.165) is 37.0 Å². The second kappa shape index (κ2) is 3.46. The molecule has 90 valence electrons. The molecule has 4 rings (SSSR count). The summed E-state index contributed by atoms with van der Waals surface area (Å²) in [5, 5.41) is 12.4. The number of aliphatic hydroxyl groups is 1. The highest BCUT2D eigenvalue weighted by Gasteiger charge is 2.51. The minimum absolute atomic E-state index is 0.0445. The van der Waals surface area contributed by atoms with Gasteiger partial charge in [0.2, 0.25) is 5.91 Å². The largest absolute Gasteiger partial charge is 0.384 e. The monoisotopic (exact) mass is 223 g/mol. The van der Waals surface area contributed by atoms with E-state index >= 15 is 0 Å². The fourth-order valence-corrected chi connectivity index (χ4v) is 4.63. The normalized spacial score (nSPS) is 46.8. The van der Waals surface area contributed by atoms with Crippen molar-refractivity contribution in [2.45, 2.75) is 57.1 Å². The van der Waals surface area contributed by atoms with Gasteiger partial charge in [-0.1, -0.05) is 0 Å². The molecule has 16 heavy (non-hydrogen) atoms. The number of nitrogens with one attached hydrogen (secondary N) is 1. The van der Waals surface area contributed by atoms with E-state index in [-0.39, 0.29) is 11.4 Å². The summed E-state index contributed by atoms with van der Waals surface area (Å²) in [4.78, 5) is 11.7. The summed E-state index contributed by atoms with van der Waals surface area (Å²) in [7, 11) is 0. The Kier molecular flexibility index (Phi) is 2.29. The smallest absolute Gasteiger partial charge is 0.248 e. The molecule has 4 saturated carbocycles. The number of hydrogen-bond acceptors (Lipinski definition) is 2. The van der Waals surface area contributed by atoms with Crippen LogP contribution in [0.5, 0.6) is 0 Å². The molecule has 4 aliphatic carbocycles. The maximum Gasteiger partial charge on any atom is 0.248 e. The molecular weight excluding hydrogens is 202 g/mol. The van der Waals surface area contributed by atoms with Gasteiger partial charge in [0.05, 0.1) is 0 Å². The molecule has 0 aromatic carbocycles. The van der Waals surface area contributed by atoms with Gasteiger partial charge in [-0.2, -0.15) is 0 Å². The molecule has 3 nitrogen and oxygen atoms in total. The first-order chi connectivity index (χ1) is 7.56. The fraction of sp³-hybridized carbons (Fsp3) is 0.923. The van der Waals surface area contributed by atoms with Crippen LogP contribution >= 0.6 is 0 Å². The first-order valence-corrected chi connectivity index (χ1v) is 6.56. The Balaban J connectivity index is 1.76. The molecular formula is C13H21NO2. The van der Waals surface area contributed by atoms with Gasteiger partial charge in [-0.25, -0.2) is 0 Å². The van der Waals surface area contributed by atoms with Crippen LogP contribution in [0.4, 0.5) is 0 Å². The Bertz CT molecular complexity index is 276. The quantitative estimate of drug-likeness (QED) is 0.744. The number of hydrogen-bond donors (Lipinski definition) is 2. The molecule has 2 N–H and O–H groups in total. The fourth-order valence-electron chi connectivity index (χ4n) is 4.63. The SMILES string of the molecule is CC(O)C(=O)NC12CC3CC(CC(C3)C1)C2. The Morgan fingerprint density at radius 1 is 1.19 bits per heavy atom. The summed E-state index contributed by atoms with van der Waals surface area (Å²) in [5.41, 5.74) is 0.0445. The summed E-state index contributed by atoms with van der Waals surface area (Å²) in [6.45, 7) is 1.55. The third kappa shape index (κ3) is 1.65. The van der Waals surface area contributed by atoms with Crippen molar-refractivity contribution < 1.29 is 9.90 Å². The van der Waals surface area contributed by atoms with Gasteiger partial charge in [0.15, 0.2) is 0 Å². The van der Waals surface area contributed by atoms with E-state index in [9.17, 15) is 9.90 Å². The van der Waals surface area contributed by atoms with Gasteiger partial charge in [-0.15, -0.1) is 0 Å². The average molecular weight is 223 g/mol. The van der Waals surface area contributed by atoms with Gasteiger partial charge in [-0.3, -0.25) is 4.79 Å². The lowest BCUT2D eigenvalue weighted by atomic mass is 9.53. The van der Waals surface area contributed by atoms with Crippen LogP contribution in [0.1, 0.15) is 45.4 Å². The molecule has 1 unspecified atom stereocenters. The zero-order chi connectivity index (χ0) is 11.3. The van der Waals surface area contributed by atoms with E-state index < -0.39 is 6.10 Å². The molecule has 4 fully saturated rings. The standard InChI is InChI=1S/C13H21NO2/c1-8(15)12(16)14-13-5-9-2-10(6-13)4-11(3-9)7-13/h8-11,15H,2-7H2,1H3,(H,14,16). The van der Waals surface area contributed by atoms with Crippen LogP contribution in [0.15, 0.2) is 0 Å². The Labute approximate surface area is 96.6 Å². The lowest BCUT2D eigenvalue weighted by Gasteiger charge is -2.57. The van der Waals surface area contributed by atoms with Crippen LogP contribution < -0.4 is 5.32 Å². The molecule has 0 saturated heterocycles. The molecule has 0 aliphatic heterocycles. The van der Waals surface area contributed by atoms with Gasteiger partial charge in [0.25, 0.3) is 0 Å². The maximum atomic E-state index is 11.7. The van der Waals surface area contributed by atoms with Crippen molar-refractivity contribution in [1.82, 2.24) is 5.32 Å². The molecule has 0 heterocycles. The van der Waals surface area contributed by atoms with Crippen molar-refractivity contribution in [2.24, 2.45) is 17.8 Å². The van der Waals surface area contributed by atoms with Crippen LogP contribution in [0.25, 0.3) is 0 Å². The van der Waals surface area contributed by atoms with Crippen molar-refractivity contribution in [3.8, 4) is 0 Å². The second-order valence-electron chi connectivity index (χ2n) is 6.36. The van der Waals surface area contributed by atoms with Gasteiger partial charge < -0.3 is 10.4 Å². The molecule has 0 radical (unpaired) electrons. The number of carbonyl (C=O) groups is 1. The number of carbonyl (C=O) groups excluding carboxylic acids is 1. The van der Waals surface area contributed by atoms with Gasteiger partial charge in [-0.05, 0) is 63.2 Å². The topological polar surface area (TPSA) is 49.3 Å². The van der Waals surface area contributed by atoms with E-state index in [1.54, 1.807) is 6.92 Å². The predicted molar refractivity (Wildman–Crippen MR) is 60.7 cm³/mol. The number of aliphatic hydroxyl groups excluding tert-OH is 1. The van der Waals surface area contributed by atoms with Crippen molar-refractivity contribution >= 4 is 5.91 Å². The minimum Gasteiger partial charge on any atom is -0.384 e.